The molecule has 0 saturated heterocycles. The van der Waals surface area contributed by atoms with Gasteiger partial charge in [0.25, 0.3) is 0 Å². The van der Waals surface area contributed by atoms with Gasteiger partial charge < -0.3 is 35.1 Å². The van der Waals surface area contributed by atoms with Crippen LogP contribution >= 0.6 is 0 Å². The summed E-state index contributed by atoms with van der Waals surface area (Å²) in [4.78, 5) is 3.94. The number of aryl methyl sites for hydroxylation is 1. The number of hydrogen-bond donors (Lipinski definition) is 0. The molecule has 0 spiro atoms. The number of benzene rings is 1. The van der Waals surface area contributed by atoms with Crippen LogP contribution in [0.15, 0.2) is 44.7 Å². The van der Waals surface area contributed by atoms with Crippen LogP contribution in [0.1, 0.15) is 45.7 Å². The molecule has 0 aliphatic rings. The zero-order valence-corrected chi connectivity index (χ0v) is 20.5. The van der Waals surface area contributed by atoms with E-state index >= 15 is 0 Å². The molecule has 1 rings (SSSR count). The Kier molecular flexibility index (Phi) is 13.7. The van der Waals surface area contributed by atoms with Crippen LogP contribution in [-0.4, -0.2) is 57.7 Å². The van der Waals surface area contributed by atoms with E-state index in [4.69, 9.17) is 25.3 Å². The van der Waals surface area contributed by atoms with Crippen molar-refractivity contribution in [2.24, 2.45) is 20.4 Å². The third kappa shape index (κ3) is 8.78. The maximum atomic E-state index is 5.38. The van der Waals surface area contributed by atoms with Crippen molar-refractivity contribution in [3.8, 4) is 0 Å². The number of amidine groups is 2. The molecule has 9 heteroatoms. The summed E-state index contributed by atoms with van der Waals surface area (Å²) >= 11 is 10.7. The average Bonchev–Trinajstić information content (AvgIpc) is 2.69. The molecular formula is C20H30CuN6S2. The summed E-state index contributed by atoms with van der Waals surface area (Å²) in [6.45, 7) is 15.2. The van der Waals surface area contributed by atoms with Gasteiger partial charge in [-0.15, -0.1) is 5.10 Å². The van der Waals surface area contributed by atoms with Gasteiger partial charge in [0.15, 0.2) is 0 Å². The smallest absolute Gasteiger partial charge is 0.741 e. The molecule has 0 fully saturated rings. The molecule has 1 aromatic rings. The van der Waals surface area contributed by atoms with E-state index in [0.29, 0.717) is 21.8 Å². The summed E-state index contributed by atoms with van der Waals surface area (Å²) in [6.07, 6.45) is 0. The zero-order chi connectivity index (χ0) is 21.1. The van der Waals surface area contributed by atoms with Gasteiger partial charge in [-0.25, -0.2) is 0 Å². The van der Waals surface area contributed by atoms with Crippen LogP contribution < -0.4 is 0 Å². The largest absolute Gasteiger partial charge is 2.00 e. The van der Waals surface area contributed by atoms with Crippen LogP contribution in [0.2, 0.25) is 0 Å². The van der Waals surface area contributed by atoms with E-state index in [1.165, 1.54) is 5.56 Å². The number of nitrogens with zero attached hydrogens (tertiary/aromatic N) is 6. The Morgan fingerprint density at radius 2 is 1.17 bits per heavy atom. The van der Waals surface area contributed by atoms with E-state index in [9.17, 15) is 0 Å². The van der Waals surface area contributed by atoms with Gasteiger partial charge in [-0.1, -0.05) is 29.8 Å². The number of hydrogen-bond acceptors (Lipinski definition) is 6. The summed E-state index contributed by atoms with van der Waals surface area (Å²) in [5.74, 6) is 0. The van der Waals surface area contributed by atoms with E-state index in [1.54, 1.807) is 0 Å². The Labute approximate surface area is 196 Å². The minimum absolute atomic E-state index is 0. The first-order chi connectivity index (χ1) is 13.4. The monoisotopic (exact) mass is 481 g/mol. The Morgan fingerprint density at radius 3 is 1.59 bits per heavy atom. The maximum Gasteiger partial charge on any atom is 2.00 e. The Hall–Kier alpha value is -1.54. The Bertz CT molecular complexity index is 736. The molecule has 0 aromatic heterocycles. The standard InChI is InChI=1S/C20H32N6S2.Cu/c1-7-25(8-2)19(27)23-21-16(6)18(17-13-11-15(5)12-14-17)22-24-20(28)26(9-3)10-4;/h11-14H,7-10H2,1-6H3,(H,23,27)(H,24,28);/q;+2/p-2/b21-16+,22-18-;. The van der Waals surface area contributed by atoms with Gasteiger partial charge >= 0.3 is 17.1 Å². The second-order valence-electron chi connectivity index (χ2n) is 6.11. The van der Waals surface area contributed by atoms with Crippen molar-refractivity contribution in [2.45, 2.75) is 41.5 Å². The fraction of sp³-hybridized carbons (Fsp3) is 0.500. The van der Waals surface area contributed by atoms with Crippen LogP contribution in [0.5, 0.6) is 0 Å². The van der Waals surface area contributed by atoms with E-state index in [0.717, 1.165) is 31.7 Å². The van der Waals surface area contributed by atoms with Crippen LogP contribution in [0.25, 0.3) is 0 Å². The molecule has 0 bridgehead atoms. The van der Waals surface area contributed by atoms with Crippen molar-refractivity contribution in [3.63, 3.8) is 0 Å². The van der Waals surface area contributed by atoms with Gasteiger partial charge in [0.1, 0.15) is 5.71 Å². The van der Waals surface area contributed by atoms with Gasteiger partial charge in [0.2, 0.25) is 0 Å². The normalized spacial score (nSPS) is 13.2. The quantitative estimate of drug-likeness (QED) is 0.187. The second-order valence-corrected chi connectivity index (χ2v) is 6.84. The Morgan fingerprint density at radius 1 is 0.759 bits per heavy atom. The van der Waals surface area contributed by atoms with Crippen molar-refractivity contribution < 1.29 is 17.1 Å². The molecule has 0 aliphatic carbocycles. The summed E-state index contributed by atoms with van der Waals surface area (Å²) < 4.78 is 0. The van der Waals surface area contributed by atoms with Crippen molar-refractivity contribution in [1.29, 1.82) is 0 Å². The van der Waals surface area contributed by atoms with E-state index in [-0.39, 0.29) is 17.1 Å². The van der Waals surface area contributed by atoms with Crippen molar-refractivity contribution in [2.75, 3.05) is 26.2 Å². The molecule has 6 nitrogen and oxygen atoms in total. The molecular weight excluding hydrogens is 452 g/mol. The maximum absolute atomic E-state index is 5.38. The molecule has 1 aromatic carbocycles. The minimum Gasteiger partial charge on any atom is -0.741 e. The van der Waals surface area contributed by atoms with Gasteiger partial charge in [-0.2, -0.15) is 15.3 Å². The van der Waals surface area contributed by atoms with Gasteiger partial charge in [-0.3, -0.25) is 0 Å². The minimum atomic E-state index is 0. The topological polar surface area (TPSA) is 55.9 Å². The molecule has 0 aliphatic heterocycles. The summed E-state index contributed by atoms with van der Waals surface area (Å²) in [5.41, 5.74) is 3.33. The zero-order valence-electron chi connectivity index (χ0n) is 17.9. The van der Waals surface area contributed by atoms with Crippen LogP contribution in [0.4, 0.5) is 0 Å². The van der Waals surface area contributed by atoms with Crippen molar-refractivity contribution in [3.05, 3.63) is 35.4 Å². The van der Waals surface area contributed by atoms with Crippen LogP contribution in [0.3, 0.4) is 0 Å². The van der Waals surface area contributed by atoms with Gasteiger partial charge in [-0.05, 0) is 41.5 Å². The third-order valence-corrected chi connectivity index (χ3v) is 4.94. The van der Waals surface area contributed by atoms with E-state index < -0.39 is 0 Å². The fourth-order valence-electron chi connectivity index (χ4n) is 2.42. The van der Waals surface area contributed by atoms with Gasteiger partial charge in [0, 0.05) is 42.1 Å². The molecule has 163 valence electrons. The molecule has 0 unspecified atom stereocenters. The van der Waals surface area contributed by atoms with Crippen molar-refractivity contribution in [1.82, 2.24) is 9.80 Å². The predicted molar refractivity (Wildman–Crippen MR) is 126 cm³/mol. The molecule has 0 atom stereocenters. The van der Waals surface area contributed by atoms with E-state index in [1.807, 2.05) is 75.6 Å². The first-order valence-electron chi connectivity index (χ1n) is 9.56. The molecule has 0 amide bonds. The van der Waals surface area contributed by atoms with Gasteiger partial charge in [0.05, 0.1) is 5.71 Å². The summed E-state index contributed by atoms with van der Waals surface area (Å²) in [5, 5.41) is 18.1. The molecule has 0 heterocycles. The third-order valence-electron chi connectivity index (χ3n) is 4.26. The SMILES string of the molecule is CCN(CC)/C([S-])=N/N=C(C)/C(=N/N=C(\[S-])N(CC)CC)c1ccc(C)cc1.[Cu+2]. The van der Waals surface area contributed by atoms with Crippen LogP contribution in [-0.2, 0) is 42.3 Å². The fourth-order valence-corrected chi connectivity index (χ4v) is 3.02. The first kappa shape index (κ1) is 27.5. The molecule has 0 N–H and O–H groups in total. The average molecular weight is 482 g/mol. The predicted octanol–water partition coefficient (Wildman–Crippen LogP) is 3.56. The van der Waals surface area contributed by atoms with Crippen LogP contribution in [0, 0.1) is 6.92 Å². The molecule has 0 saturated carbocycles. The summed E-state index contributed by atoms with van der Waals surface area (Å²) in [6, 6.07) is 8.04. The number of rotatable bonds is 8. The first-order valence-corrected chi connectivity index (χ1v) is 10.4. The molecule has 1 radical (unpaired) electrons. The second kappa shape index (κ2) is 14.4. The Balaban J connectivity index is 0.00000784. The van der Waals surface area contributed by atoms with E-state index in [2.05, 4.69) is 20.4 Å². The molecule has 29 heavy (non-hydrogen) atoms. The van der Waals surface area contributed by atoms with Crippen molar-refractivity contribution >= 4 is 47.0 Å². The summed E-state index contributed by atoms with van der Waals surface area (Å²) in [7, 11) is 0.